The van der Waals surface area contributed by atoms with Crippen LogP contribution in [-0.2, 0) is 21.0 Å². The molecular weight excluding hydrogens is 448 g/mol. The Morgan fingerprint density at radius 2 is 1.77 bits per heavy atom. The lowest BCUT2D eigenvalue weighted by atomic mass is 9.76. The van der Waals surface area contributed by atoms with Gasteiger partial charge < -0.3 is 0 Å². The molecule has 1 aliphatic rings. The molecule has 2 aromatic carbocycles. The number of aromatic amines is 2. The van der Waals surface area contributed by atoms with Crippen molar-refractivity contribution < 1.29 is 17.2 Å². The van der Waals surface area contributed by atoms with Crippen molar-refractivity contribution in [2.45, 2.75) is 41.7 Å². The average Bonchev–Trinajstić information content (AvgIpc) is 3.15. The van der Waals surface area contributed by atoms with E-state index in [0.29, 0.717) is 30.1 Å². The fourth-order valence-electron chi connectivity index (χ4n) is 4.39. The number of benzene rings is 2. The van der Waals surface area contributed by atoms with E-state index in [1.165, 1.54) is 24.3 Å². The molecule has 1 saturated carbocycles. The van der Waals surface area contributed by atoms with Gasteiger partial charge in [0, 0.05) is 17.0 Å². The lowest BCUT2D eigenvalue weighted by molar-refractivity contribution is 0.282. The molecule has 3 aromatic rings. The molecule has 0 atom stereocenters. The Balaban J connectivity index is 1.73. The fraction of sp³-hybridized carbons (Fsp3) is 0.333. The van der Waals surface area contributed by atoms with Crippen molar-refractivity contribution in [3.05, 3.63) is 81.0 Å². The number of rotatable bonds is 5. The number of hydrogen-bond donors (Lipinski definition) is 2. The van der Waals surface area contributed by atoms with E-state index in [2.05, 4.69) is 15.2 Å². The highest BCUT2D eigenvalue weighted by Crippen LogP contribution is 2.49. The Labute approximate surface area is 182 Å². The van der Waals surface area contributed by atoms with Gasteiger partial charge in [-0.15, -0.1) is 0 Å². The molecule has 4 rings (SSSR count). The topological polar surface area (TPSA) is 95.7 Å². The number of aromatic nitrogens is 3. The number of halogens is 3. The predicted molar refractivity (Wildman–Crippen MR) is 112 cm³/mol. The summed E-state index contributed by atoms with van der Waals surface area (Å²) in [5.74, 6) is -0.920. The molecule has 0 radical (unpaired) electrons. The first-order valence-electron chi connectivity index (χ1n) is 9.80. The van der Waals surface area contributed by atoms with Crippen LogP contribution in [0.15, 0.2) is 52.2 Å². The highest BCUT2D eigenvalue weighted by atomic mass is 35.5. The molecule has 1 aromatic heterocycles. The highest BCUT2D eigenvalue weighted by molar-refractivity contribution is 7.92. The van der Waals surface area contributed by atoms with Gasteiger partial charge in [-0.25, -0.2) is 27.1 Å². The Morgan fingerprint density at radius 3 is 2.39 bits per heavy atom. The van der Waals surface area contributed by atoms with Crippen molar-refractivity contribution in [3.8, 4) is 0 Å². The van der Waals surface area contributed by atoms with Gasteiger partial charge in [-0.3, -0.25) is 4.98 Å². The molecule has 1 heterocycles. The molecule has 0 aliphatic heterocycles. The first kappa shape index (κ1) is 21.7. The van der Waals surface area contributed by atoms with Crippen LogP contribution >= 0.6 is 11.6 Å². The van der Waals surface area contributed by atoms with Crippen LogP contribution in [0.25, 0.3) is 0 Å². The zero-order valence-electron chi connectivity index (χ0n) is 16.4. The maximum Gasteiger partial charge on any atom is 0.340 e. The number of nitrogens with zero attached hydrogens (tertiary/aromatic N) is 1. The fourth-order valence-corrected chi connectivity index (χ4v) is 6.68. The Bertz CT molecular complexity index is 1250. The molecule has 31 heavy (non-hydrogen) atoms. The summed E-state index contributed by atoms with van der Waals surface area (Å²) in [5, 5.41) is 6.58. The molecule has 0 spiro atoms. The minimum absolute atomic E-state index is 0.00985. The van der Waals surface area contributed by atoms with Gasteiger partial charge in [-0.2, -0.15) is 5.10 Å². The Morgan fingerprint density at radius 1 is 1.10 bits per heavy atom. The summed E-state index contributed by atoms with van der Waals surface area (Å²) in [4.78, 5) is 13.9. The van der Waals surface area contributed by atoms with Gasteiger partial charge in [-0.1, -0.05) is 11.6 Å². The van der Waals surface area contributed by atoms with Crippen LogP contribution in [0.3, 0.4) is 0 Å². The monoisotopic (exact) mass is 467 g/mol. The van der Waals surface area contributed by atoms with Crippen molar-refractivity contribution in [2.75, 3.05) is 0 Å². The molecule has 0 amide bonds. The van der Waals surface area contributed by atoms with E-state index in [-0.39, 0.29) is 29.2 Å². The Hall–Kier alpha value is -2.52. The lowest BCUT2D eigenvalue weighted by Gasteiger charge is -2.40. The summed E-state index contributed by atoms with van der Waals surface area (Å²) in [6.07, 6.45) is 1.56. The second-order valence-corrected chi connectivity index (χ2v) is 10.5. The van der Waals surface area contributed by atoms with Gasteiger partial charge in [0.15, 0.2) is 9.84 Å². The SMILES string of the molecule is O=c1[nH]nc(CC2CCC(c3cc(F)ccc3F)(S(=O)(=O)c3ccc(Cl)cc3)CC2)[nH]1. The van der Waals surface area contributed by atoms with Gasteiger partial charge >= 0.3 is 5.69 Å². The van der Waals surface area contributed by atoms with Crippen LogP contribution in [0.5, 0.6) is 0 Å². The molecule has 0 bridgehead atoms. The molecule has 164 valence electrons. The predicted octanol–water partition coefficient (Wildman–Crippen LogP) is 4.13. The highest BCUT2D eigenvalue weighted by Gasteiger charge is 2.50. The molecule has 0 unspecified atom stereocenters. The maximum atomic E-state index is 14.8. The van der Waals surface area contributed by atoms with Crippen LogP contribution in [0.1, 0.15) is 37.1 Å². The minimum Gasteiger partial charge on any atom is -0.293 e. The van der Waals surface area contributed by atoms with Crippen LogP contribution in [-0.4, -0.2) is 23.6 Å². The molecule has 1 fully saturated rings. The third kappa shape index (κ3) is 4.04. The van der Waals surface area contributed by atoms with Gasteiger partial charge in [0.2, 0.25) is 0 Å². The smallest absolute Gasteiger partial charge is 0.293 e. The van der Waals surface area contributed by atoms with E-state index in [4.69, 9.17) is 11.6 Å². The first-order chi connectivity index (χ1) is 14.7. The van der Waals surface area contributed by atoms with E-state index >= 15 is 0 Å². The average molecular weight is 468 g/mol. The minimum atomic E-state index is -4.07. The molecule has 2 N–H and O–H groups in total. The number of nitrogens with one attached hydrogen (secondary N) is 2. The van der Waals surface area contributed by atoms with Gasteiger partial charge in [-0.05, 0) is 74.1 Å². The summed E-state index contributed by atoms with van der Waals surface area (Å²) in [7, 11) is -4.07. The van der Waals surface area contributed by atoms with E-state index in [9.17, 15) is 22.0 Å². The second kappa shape index (κ2) is 8.20. The van der Waals surface area contributed by atoms with Gasteiger partial charge in [0.25, 0.3) is 0 Å². The normalized spacial score (nSPS) is 21.8. The number of sulfone groups is 1. The van der Waals surface area contributed by atoms with E-state index < -0.39 is 31.9 Å². The zero-order chi connectivity index (χ0) is 22.2. The van der Waals surface area contributed by atoms with Crippen molar-refractivity contribution in [3.63, 3.8) is 0 Å². The van der Waals surface area contributed by atoms with E-state index in [1.54, 1.807) is 0 Å². The van der Waals surface area contributed by atoms with Crippen LogP contribution in [0, 0.1) is 17.6 Å². The summed E-state index contributed by atoms with van der Waals surface area (Å²) in [6.45, 7) is 0. The van der Waals surface area contributed by atoms with Crippen molar-refractivity contribution in [2.24, 2.45) is 5.92 Å². The number of hydrogen-bond acceptors (Lipinski definition) is 4. The first-order valence-corrected chi connectivity index (χ1v) is 11.7. The molecule has 10 heteroatoms. The van der Waals surface area contributed by atoms with Crippen LogP contribution in [0.2, 0.25) is 5.02 Å². The standard InChI is InChI=1S/C21H20ClF2N3O3S/c22-14-1-4-16(5-2-14)31(29,30)21(17-12-15(23)3-6-18(17)24)9-7-13(8-10-21)11-19-25-20(28)27-26-19/h1-6,12-13H,7-11H2,(H2,25,26,27,28). The summed E-state index contributed by atoms with van der Waals surface area (Å²) in [6, 6.07) is 8.61. The molecule has 0 saturated heterocycles. The molecule has 6 nitrogen and oxygen atoms in total. The third-order valence-electron chi connectivity index (χ3n) is 6.00. The summed E-state index contributed by atoms with van der Waals surface area (Å²) >= 11 is 5.91. The lowest BCUT2D eigenvalue weighted by Crippen LogP contribution is -2.41. The van der Waals surface area contributed by atoms with E-state index in [0.717, 1.165) is 18.2 Å². The van der Waals surface area contributed by atoms with Gasteiger partial charge in [0.1, 0.15) is 22.2 Å². The number of H-pyrrole nitrogens is 2. The second-order valence-electron chi connectivity index (χ2n) is 7.85. The largest absolute Gasteiger partial charge is 0.340 e. The molecular formula is C21H20ClF2N3O3S. The quantitative estimate of drug-likeness (QED) is 0.589. The van der Waals surface area contributed by atoms with Crippen molar-refractivity contribution in [1.82, 2.24) is 15.2 Å². The van der Waals surface area contributed by atoms with E-state index in [1.807, 2.05) is 0 Å². The van der Waals surface area contributed by atoms with Crippen LogP contribution < -0.4 is 5.69 Å². The summed E-state index contributed by atoms with van der Waals surface area (Å²) < 4.78 is 54.8. The van der Waals surface area contributed by atoms with Crippen LogP contribution in [0.4, 0.5) is 8.78 Å². The van der Waals surface area contributed by atoms with Gasteiger partial charge in [0.05, 0.1) is 4.90 Å². The third-order valence-corrected chi connectivity index (χ3v) is 8.80. The van der Waals surface area contributed by atoms with Crippen molar-refractivity contribution in [1.29, 1.82) is 0 Å². The zero-order valence-corrected chi connectivity index (χ0v) is 17.9. The molecule has 1 aliphatic carbocycles. The van der Waals surface area contributed by atoms with Crippen molar-refractivity contribution >= 4 is 21.4 Å². The maximum absolute atomic E-state index is 14.8. The summed E-state index contributed by atoms with van der Waals surface area (Å²) in [5.41, 5.74) is -0.568. The Kier molecular flexibility index (Phi) is 5.74.